The summed E-state index contributed by atoms with van der Waals surface area (Å²) in [5.74, 6) is 0.931. The molecule has 0 fully saturated rings. The molecule has 0 unspecified atom stereocenters. The van der Waals surface area contributed by atoms with Crippen molar-refractivity contribution in [1.82, 2.24) is 0 Å². The van der Waals surface area contributed by atoms with Crippen LogP contribution in [0, 0.1) is 0 Å². The lowest BCUT2D eigenvalue weighted by atomic mass is 10.1. The fraction of sp³-hybridized carbons (Fsp3) is 0.0833. The lowest BCUT2D eigenvalue weighted by molar-refractivity contribution is 0.415. The second-order valence-electron chi connectivity index (χ2n) is 3.23. The highest BCUT2D eigenvalue weighted by atomic mass is 16.5. The van der Waals surface area contributed by atoms with Crippen LogP contribution in [0.2, 0.25) is 0 Å². The molecule has 4 nitrogen and oxygen atoms in total. The zero-order chi connectivity index (χ0) is 11.5. The van der Waals surface area contributed by atoms with Crippen LogP contribution in [0.4, 0.5) is 0 Å². The van der Waals surface area contributed by atoms with E-state index in [1.807, 2.05) is 0 Å². The van der Waals surface area contributed by atoms with Gasteiger partial charge in [-0.25, -0.2) is 4.79 Å². The lowest BCUT2D eigenvalue weighted by Crippen LogP contribution is -1.96. The molecule has 82 valence electrons. The quantitative estimate of drug-likeness (QED) is 0.837. The van der Waals surface area contributed by atoms with Gasteiger partial charge in [0, 0.05) is 11.6 Å². The van der Waals surface area contributed by atoms with Crippen LogP contribution in [-0.2, 0) is 0 Å². The van der Waals surface area contributed by atoms with Crippen molar-refractivity contribution in [2.75, 3.05) is 7.11 Å². The Morgan fingerprint density at radius 1 is 1.19 bits per heavy atom. The van der Waals surface area contributed by atoms with Crippen LogP contribution < -0.4 is 10.4 Å². The van der Waals surface area contributed by atoms with Crippen LogP contribution in [-0.4, -0.2) is 12.2 Å². The van der Waals surface area contributed by atoms with Crippen LogP contribution in [0.1, 0.15) is 0 Å². The minimum absolute atomic E-state index is 0.109. The molecule has 1 heterocycles. The topological polar surface area (TPSA) is 59.7 Å². The van der Waals surface area contributed by atoms with Gasteiger partial charge in [-0.15, -0.1) is 0 Å². The van der Waals surface area contributed by atoms with E-state index in [9.17, 15) is 9.90 Å². The Balaban J connectivity index is 2.46. The van der Waals surface area contributed by atoms with E-state index < -0.39 is 5.63 Å². The third-order valence-corrected chi connectivity index (χ3v) is 2.13. The van der Waals surface area contributed by atoms with Gasteiger partial charge in [-0.05, 0) is 24.3 Å². The van der Waals surface area contributed by atoms with E-state index in [-0.39, 0.29) is 5.75 Å². The van der Waals surface area contributed by atoms with Crippen molar-refractivity contribution in [3.8, 4) is 22.8 Å². The summed E-state index contributed by atoms with van der Waals surface area (Å²) >= 11 is 0. The van der Waals surface area contributed by atoms with Gasteiger partial charge in [-0.3, -0.25) is 0 Å². The molecule has 0 aliphatic rings. The average Bonchev–Trinajstić information content (AvgIpc) is 2.28. The van der Waals surface area contributed by atoms with Crippen molar-refractivity contribution in [1.29, 1.82) is 0 Å². The molecule has 2 rings (SSSR count). The Kier molecular flexibility index (Phi) is 2.64. The predicted octanol–water partition coefficient (Wildman–Crippen LogP) is 2.02. The second kappa shape index (κ2) is 4.10. The van der Waals surface area contributed by atoms with E-state index in [2.05, 4.69) is 0 Å². The van der Waals surface area contributed by atoms with Gasteiger partial charge in [0.15, 0.2) is 0 Å². The van der Waals surface area contributed by atoms with Gasteiger partial charge in [0.1, 0.15) is 17.3 Å². The Morgan fingerprint density at radius 2 is 1.88 bits per heavy atom. The van der Waals surface area contributed by atoms with Crippen molar-refractivity contribution in [3.05, 3.63) is 46.8 Å². The van der Waals surface area contributed by atoms with Crippen molar-refractivity contribution in [3.63, 3.8) is 0 Å². The van der Waals surface area contributed by atoms with Crippen molar-refractivity contribution >= 4 is 0 Å². The van der Waals surface area contributed by atoms with Gasteiger partial charge >= 0.3 is 5.63 Å². The molecule has 16 heavy (non-hydrogen) atoms. The minimum Gasteiger partial charge on any atom is -0.508 e. The van der Waals surface area contributed by atoms with Gasteiger partial charge in [-0.1, -0.05) is 0 Å². The molecule has 0 aliphatic carbocycles. The average molecular weight is 218 g/mol. The molecular formula is C12H10O4. The molecule has 0 bridgehead atoms. The standard InChI is InChI=1S/C12H10O4/c1-15-10-4-2-8(3-5-10)11-6-9(13)7-12(14)16-11/h2-7,13H,1H3. The predicted molar refractivity (Wildman–Crippen MR) is 58.6 cm³/mol. The van der Waals surface area contributed by atoms with E-state index in [4.69, 9.17) is 9.15 Å². The number of hydrogen-bond donors (Lipinski definition) is 1. The lowest BCUT2D eigenvalue weighted by Gasteiger charge is -2.02. The summed E-state index contributed by atoms with van der Waals surface area (Å²) in [4.78, 5) is 11.1. The highest BCUT2D eigenvalue weighted by Gasteiger charge is 2.03. The Labute approximate surface area is 91.7 Å². The van der Waals surface area contributed by atoms with Crippen LogP contribution >= 0.6 is 0 Å². The summed E-state index contributed by atoms with van der Waals surface area (Å²) in [6.07, 6.45) is 0. The van der Waals surface area contributed by atoms with Gasteiger partial charge < -0.3 is 14.3 Å². The first-order chi connectivity index (χ1) is 7.69. The smallest absolute Gasteiger partial charge is 0.339 e. The van der Waals surface area contributed by atoms with Crippen LogP contribution in [0.3, 0.4) is 0 Å². The molecule has 0 spiro atoms. The van der Waals surface area contributed by atoms with E-state index in [1.54, 1.807) is 31.4 Å². The van der Waals surface area contributed by atoms with Gasteiger partial charge in [-0.2, -0.15) is 0 Å². The first-order valence-electron chi connectivity index (χ1n) is 4.67. The SMILES string of the molecule is COc1ccc(-c2cc(O)cc(=O)o2)cc1. The maximum absolute atomic E-state index is 11.1. The fourth-order valence-electron chi connectivity index (χ4n) is 1.36. The summed E-state index contributed by atoms with van der Waals surface area (Å²) < 4.78 is 9.97. The molecule has 0 aliphatic heterocycles. The number of rotatable bonds is 2. The number of hydrogen-bond acceptors (Lipinski definition) is 4. The number of ether oxygens (including phenoxy) is 1. The van der Waals surface area contributed by atoms with Gasteiger partial charge in [0.05, 0.1) is 13.2 Å². The molecule has 1 aromatic carbocycles. The molecular weight excluding hydrogens is 208 g/mol. The normalized spacial score (nSPS) is 10.1. The first-order valence-corrected chi connectivity index (χ1v) is 4.67. The third kappa shape index (κ3) is 2.06. The summed E-state index contributed by atoms with van der Waals surface area (Å²) in [6, 6.07) is 9.40. The number of aromatic hydroxyl groups is 1. The van der Waals surface area contributed by atoms with Crippen LogP contribution in [0.25, 0.3) is 11.3 Å². The molecule has 0 atom stereocenters. The van der Waals surface area contributed by atoms with Crippen LogP contribution in [0.15, 0.2) is 45.6 Å². The maximum Gasteiger partial charge on any atom is 0.339 e. The minimum atomic E-state index is -0.578. The van der Waals surface area contributed by atoms with E-state index in [0.717, 1.165) is 6.07 Å². The number of methoxy groups -OCH3 is 1. The largest absolute Gasteiger partial charge is 0.508 e. The highest BCUT2D eigenvalue weighted by molar-refractivity contribution is 5.59. The summed E-state index contributed by atoms with van der Waals surface area (Å²) in [5.41, 5.74) is 0.125. The zero-order valence-corrected chi connectivity index (χ0v) is 8.64. The zero-order valence-electron chi connectivity index (χ0n) is 8.64. The van der Waals surface area contributed by atoms with Crippen molar-refractivity contribution in [2.24, 2.45) is 0 Å². The number of benzene rings is 1. The van der Waals surface area contributed by atoms with E-state index >= 15 is 0 Å². The van der Waals surface area contributed by atoms with E-state index in [1.165, 1.54) is 6.07 Å². The monoisotopic (exact) mass is 218 g/mol. The fourth-order valence-corrected chi connectivity index (χ4v) is 1.36. The molecule has 0 radical (unpaired) electrons. The summed E-state index contributed by atoms with van der Waals surface area (Å²) in [6.45, 7) is 0. The van der Waals surface area contributed by atoms with Crippen molar-refractivity contribution < 1.29 is 14.3 Å². The van der Waals surface area contributed by atoms with Crippen molar-refractivity contribution in [2.45, 2.75) is 0 Å². The Bertz CT molecular complexity index is 540. The molecule has 1 aromatic heterocycles. The molecule has 1 N–H and O–H groups in total. The summed E-state index contributed by atoms with van der Waals surface area (Å²) in [5, 5.41) is 9.27. The molecule has 4 heteroatoms. The second-order valence-corrected chi connectivity index (χ2v) is 3.23. The maximum atomic E-state index is 11.1. The molecule has 0 amide bonds. The third-order valence-electron chi connectivity index (χ3n) is 2.13. The molecule has 0 saturated heterocycles. The van der Waals surface area contributed by atoms with Gasteiger partial charge in [0.2, 0.25) is 0 Å². The summed E-state index contributed by atoms with van der Waals surface area (Å²) in [7, 11) is 1.57. The molecule has 0 saturated carbocycles. The highest BCUT2D eigenvalue weighted by Crippen LogP contribution is 2.23. The Morgan fingerprint density at radius 3 is 2.44 bits per heavy atom. The first kappa shape index (κ1) is 10.3. The molecule has 2 aromatic rings. The van der Waals surface area contributed by atoms with E-state index in [0.29, 0.717) is 17.1 Å². The van der Waals surface area contributed by atoms with Crippen LogP contribution in [0.5, 0.6) is 11.5 Å². The Hall–Kier alpha value is -2.23. The van der Waals surface area contributed by atoms with Gasteiger partial charge in [0.25, 0.3) is 0 Å².